The lowest BCUT2D eigenvalue weighted by Gasteiger charge is -2.40. The van der Waals surface area contributed by atoms with Gasteiger partial charge in [-0.3, -0.25) is 4.79 Å². The van der Waals surface area contributed by atoms with Gasteiger partial charge in [-0.1, -0.05) is 334 Å². The largest absolute Gasteiger partial charge is 0.394 e. The Morgan fingerprint density at radius 1 is 0.420 bits per heavy atom. The van der Waals surface area contributed by atoms with E-state index in [1.807, 2.05) is 0 Å². The SMILES string of the molecule is CCCCCCCCCCCCCC/C=C\CCCCCCCCCCCCCCCCCC(O)C(=O)NC(COC1OC(CO)C(O)C(O)C1O)C(O)C(O)CCCCCCCCCCCCCCCCCCCCCCCCC. The van der Waals surface area contributed by atoms with E-state index in [-0.39, 0.29) is 6.42 Å². The van der Waals surface area contributed by atoms with Crippen molar-refractivity contribution in [3.05, 3.63) is 12.2 Å². The fraction of sp³-hybridized carbons (Fsp3) is 0.957. The quantitative estimate of drug-likeness (QED) is 0.0215. The second kappa shape index (κ2) is 59.2. The molecule has 482 valence electrons. The molecule has 11 nitrogen and oxygen atoms in total. The molecule has 1 saturated heterocycles. The number of aliphatic hydroxyl groups excluding tert-OH is 7. The van der Waals surface area contributed by atoms with Crippen LogP contribution in [0.15, 0.2) is 12.2 Å². The second-order valence-corrected chi connectivity index (χ2v) is 25.3. The molecule has 0 bridgehead atoms. The molecule has 1 fully saturated rings. The van der Waals surface area contributed by atoms with Gasteiger partial charge in [-0.05, 0) is 38.5 Å². The van der Waals surface area contributed by atoms with Crippen LogP contribution in [0, 0.1) is 0 Å². The Labute approximate surface area is 500 Å². The van der Waals surface area contributed by atoms with Gasteiger partial charge in [0.1, 0.15) is 36.6 Å². The minimum atomic E-state index is -1.66. The van der Waals surface area contributed by atoms with E-state index in [0.717, 1.165) is 38.5 Å². The van der Waals surface area contributed by atoms with Crippen LogP contribution in [0.1, 0.15) is 361 Å². The molecule has 0 radical (unpaired) electrons. The first-order valence-electron chi connectivity index (χ1n) is 35.6. The van der Waals surface area contributed by atoms with Crippen molar-refractivity contribution < 1.29 is 50.0 Å². The third kappa shape index (κ3) is 46.7. The lowest BCUT2D eigenvalue weighted by molar-refractivity contribution is -0.303. The van der Waals surface area contributed by atoms with E-state index in [4.69, 9.17) is 9.47 Å². The van der Waals surface area contributed by atoms with Gasteiger partial charge in [0.05, 0.1) is 25.4 Å². The Morgan fingerprint density at radius 3 is 1.04 bits per heavy atom. The van der Waals surface area contributed by atoms with Gasteiger partial charge < -0.3 is 50.5 Å². The van der Waals surface area contributed by atoms with Crippen LogP contribution in [0.25, 0.3) is 0 Å². The summed E-state index contributed by atoms with van der Waals surface area (Å²) in [5, 5.41) is 76.6. The maximum atomic E-state index is 13.3. The molecule has 11 heteroatoms. The van der Waals surface area contributed by atoms with E-state index in [1.165, 1.54) is 283 Å². The number of amides is 1. The van der Waals surface area contributed by atoms with Gasteiger partial charge in [0, 0.05) is 0 Å². The summed E-state index contributed by atoms with van der Waals surface area (Å²) < 4.78 is 11.2. The van der Waals surface area contributed by atoms with Crippen LogP contribution in [0.3, 0.4) is 0 Å². The third-order valence-electron chi connectivity index (χ3n) is 17.6. The zero-order valence-corrected chi connectivity index (χ0v) is 53.3. The molecule has 1 rings (SSSR count). The highest BCUT2D eigenvalue weighted by Crippen LogP contribution is 2.24. The van der Waals surface area contributed by atoms with Crippen LogP contribution in [0.5, 0.6) is 0 Å². The first kappa shape index (κ1) is 77.9. The van der Waals surface area contributed by atoms with Crippen molar-refractivity contribution in [2.24, 2.45) is 0 Å². The molecular formula is C70H137NO10. The van der Waals surface area contributed by atoms with Gasteiger partial charge in [-0.2, -0.15) is 0 Å². The summed E-state index contributed by atoms with van der Waals surface area (Å²) in [6.45, 7) is 3.52. The molecule has 81 heavy (non-hydrogen) atoms. The molecule has 9 unspecified atom stereocenters. The summed E-state index contributed by atoms with van der Waals surface area (Å²) in [6, 6.07) is -1.17. The van der Waals surface area contributed by atoms with Gasteiger partial charge in [0.15, 0.2) is 6.29 Å². The third-order valence-corrected chi connectivity index (χ3v) is 17.6. The number of nitrogens with one attached hydrogen (secondary N) is 1. The molecule has 1 aliphatic rings. The van der Waals surface area contributed by atoms with Crippen LogP contribution in [-0.4, -0.2) is 110 Å². The fourth-order valence-electron chi connectivity index (χ4n) is 11.9. The van der Waals surface area contributed by atoms with E-state index in [0.29, 0.717) is 19.3 Å². The van der Waals surface area contributed by atoms with Gasteiger partial charge in [-0.25, -0.2) is 0 Å². The molecule has 0 aromatic heterocycles. The highest BCUT2D eigenvalue weighted by Gasteiger charge is 2.44. The first-order valence-corrected chi connectivity index (χ1v) is 35.6. The van der Waals surface area contributed by atoms with Crippen molar-refractivity contribution in [3.63, 3.8) is 0 Å². The Balaban J connectivity index is 2.18. The average Bonchev–Trinajstić information content (AvgIpc) is 3.51. The van der Waals surface area contributed by atoms with Crippen LogP contribution in [0.4, 0.5) is 0 Å². The lowest BCUT2D eigenvalue weighted by Crippen LogP contribution is -2.60. The van der Waals surface area contributed by atoms with E-state index in [1.54, 1.807) is 0 Å². The highest BCUT2D eigenvalue weighted by molar-refractivity contribution is 5.80. The van der Waals surface area contributed by atoms with Crippen molar-refractivity contribution in [2.75, 3.05) is 13.2 Å². The maximum absolute atomic E-state index is 13.3. The van der Waals surface area contributed by atoms with E-state index in [9.17, 15) is 40.5 Å². The second-order valence-electron chi connectivity index (χ2n) is 25.3. The molecule has 9 atom stereocenters. The standard InChI is InChI=1S/C70H137NO10/c1-3-5-7-9-11-13-15-17-19-21-23-25-27-28-29-30-31-32-33-34-36-38-40-42-44-46-48-50-52-54-56-58-63(74)69(79)71-61(60-80-70-68(78)67(77)66(76)64(59-72)81-70)65(75)62(73)57-55-53-51-49-47-45-43-41-39-37-35-26-24-22-20-18-16-14-12-10-8-6-4-2/h28-29,61-68,70,72-78H,3-27,30-60H2,1-2H3,(H,71,79)/b29-28-. The van der Waals surface area contributed by atoms with Crippen molar-refractivity contribution in [2.45, 2.75) is 416 Å². The predicted molar refractivity (Wildman–Crippen MR) is 339 cm³/mol. The van der Waals surface area contributed by atoms with Crippen LogP contribution >= 0.6 is 0 Å². The molecule has 0 aromatic carbocycles. The van der Waals surface area contributed by atoms with Crippen molar-refractivity contribution in [1.82, 2.24) is 5.32 Å². The number of hydrogen-bond acceptors (Lipinski definition) is 10. The smallest absolute Gasteiger partial charge is 0.249 e. The van der Waals surface area contributed by atoms with Crippen LogP contribution in [-0.2, 0) is 14.3 Å². The molecule has 0 aliphatic carbocycles. The molecule has 0 aromatic rings. The average molecular weight is 1150 g/mol. The van der Waals surface area contributed by atoms with Crippen molar-refractivity contribution in [1.29, 1.82) is 0 Å². The van der Waals surface area contributed by atoms with Gasteiger partial charge in [0.2, 0.25) is 5.91 Å². The fourth-order valence-corrected chi connectivity index (χ4v) is 11.9. The number of aliphatic hydroxyl groups is 7. The molecule has 0 spiro atoms. The number of carbonyl (C=O) groups is 1. The number of rotatable bonds is 63. The van der Waals surface area contributed by atoms with Crippen LogP contribution in [0.2, 0.25) is 0 Å². The maximum Gasteiger partial charge on any atom is 0.249 e. The molecule has 1 amide bonds. The van der Waals surface area contributed by atoms with Gasteiger partial charge in [-0.15, -0.1) is 0 Å². The Hall–Kier alpha value is -1.15. The van der Waals surface area contributed by atoms with E-state index in [2.05, 4.69) is 31.3 Å². The molecule has 1 heterocycles. The van der Waals surface area contributed by atoms with Crippen LogP contribution < -0.4 is 5.32 Å². The number of carbonyl (C=O) groups excluding carboxylic acids is 1. The van der Waals surface area contributed by atoms with Gasteiger partial charge in [0.25, 0.3) is 0 Å². The minimum absolute atomic E-state index is 0.265. The summed E-state index contributed by atoms with van der Waals surface area (Å²) in [6.07, 6.45) is 61.5. The Bertz CT molecular complexity index is 1320. The Morgan fingerprint density at radius 2 is 0.716 bits per heavy atom. The number of allylic oxidation sites excluding steroid dienone is 2. The molecule has 1 aliphatic heterocycles. The summed E-state index contributed by atoms with van der Waals surface area (Å²) in [5.41, 5.74) is 0. The predicted octanol–water partition coefficient (Wildman–Crippen LogP) is 17.0. The number of unbranched alkanes of at least 4 members (excludes halogenated alkanes) is 49. The lowest BCUT2D eigenvalue weighted by atomic mass is 9.98. The topological polar surface area (TPSA) is 189 Å². The number of ether oxygens (including phenoxy) is 2. The number of hydrogen-bond donors (Lipinski definition) is 8. The minimum Gasteiger partial charge on any atom is -0.394 e. The summed E-state index contributed by atoms with van der Waals surface area (Å²) in [5.74, 6) is -0.689. The van der Waals surface area contributed by atoms with E-state index >= 15 is 0 Å². The summed E-state index contributed by atoms with van der Waals surface area (Å²) in [7, 11) is 0. The Kier molecular flexibility index (Phi) is 56.9. The molecular weight excluding hydrogens is 1010 g/mol. The zero-order valence-electron chi connectivity index (χ0n) is 53.3. The van der Waals surface area contributed by atoms with Crippen molar-refractivity contribution >= 4 is 5.91 Å². The van der Waals surface area contributed by atoms with Crippen molar-refractivity contribution in [3.8, 4) is 0 Å². The molecule has 8 N–H and O–H groups in total. The molecule has 0 saturated carbocycles. The highest BCUT2D eigenvalue weighted by atomic mass is 16.7. The summed E-state index contributed by atoms with van der Waals surface area (Å²) in [4.78, 5) is 13.3. The monoisotopic (exact) mass is 1150 g/mol. The van der Waals surface area contributed by atoms with Gasteiger partial charge >= 0.3 is 0 Å². The van der Waals surface area contributed by atoms with E-state index < -0.39 is 74.2 Å². The normalized spacial score (nSPS) is 19.1. The first-order chi connectivity index (χ1) is 39.7. The zero-order chi connectivity index (χ0) is 58.9. The summed E-state index contributed by atoms with van der Waals surface area (Å²) >= 11 is 0.